The number of hydrogen-bond donors (Lipinski definition) is 1. The number of aryl methyl sites for hydroxylation is 2. The summed E-state index contributed by atoms with van der Waals surface area (Å²) in [4.78, 5) is 19.5. The molecule has 0 fully saturated rings. The molecule has 1 aromatic heterocycles. The average Bonchev–Trinajstić information content (AvgIpc) is 3.13. The summed E-state index contributed by atoms with van der Waals surface area (Å²) in [5.74, 6) is 3.11. The number of amides is 1. The predicted molar refractivity (Wildman–Crippen MR) is 137 cm³/mol. The molecule has 1 aliphatic rings. The molecule has 0 bridgehead atoms. The molecule has 3 aromatic rings. The zero-order valence-corrected chi connectivity index (χ0v) is 19.7. The molecule has 2 aromatic carbocycles. The van der Waals surface area contributed by atoms with Gasteiger partial charge in [0.1, 0.15) is 17.4 Å². The summed E-state index contributed by atoms with van der Waals surface area (Å²) in [7, 11) is 0. The molecular weight excluding hydrogens is 428 g/mol. The molecule has 1 N–H and O–H groups in total. The Morgan fingerprint density at radius 3 is 2.70 bits per heavy atom. The number of hydrogen-bond acceptors (Lipinski definition) is 4. The van der Waals surface area contributed by atoms with Crippen molar-refractivity contribution in [1.82, 2.24) is 0 Å². The van der Waals surface area contributed by atoms with E-state index in [2.05, 4.69) is 11.2 Å². The first kappa shape index (κ1) is 22.8. The van der Waals surface area contributed by atoms with Gasteiger partial charge in [-0.05, 0) is 85.7 Å². The maximum absolute atomic E-state index is 13.4. The molecule has 0 unspecified atom stereocenters. The van der Waals surface area contributed by atoms with Gasteiger partial charge in [-0.1, -0.05) is 30.9 Å². The Kier molecular flexibility index (Phi) is 7.59. The molecule has 1 heterocycles. The van der Waals surface area contributed by atoms with Gasteiger partial charge in [0.05, 0.1) is 5.56 Å². The molecule has 1 aliphatic carbocycles. The first-order valence-electron chi connectivity index (χ1n) is 11.4. The van der Waals surface area contributed by atoms with Gasteiger partial charge in [-0.3, -0.25) is 4.79 Å². The van der Waals surface area contributed by atoms with Gasteiger partial charge in [0, 0.05) is 16.8 Å². The standard InChI is InChI=1S/C28H28N2O2S/c1-3-17-32-23-15-13-21(14-16-23)19-29-28-26(24-11-6-4-5-7-12-25(24)33-28)27(31)30-22-10-8-9-20(2)18-22/h1,8-10,13-16,18-19H,4-7,11-12,17H2,2H3,(H,30,31). The molecule has 4 rings (SSSR count). The van der Waals surface area contributed by atoms with E-state index in [0.29, 0.717) is 0 Å². The molecule has 0 atom stereocenters. The van der Waals surface area contributed by atoms with Crippen molar-refractivity contribution in [3.63, 3.8) is 0 Å². The van der Waals surface area contributed by atoms with Crippen molar-refractivity contribution in [1.29, 1.82) is 0 Å². The predicted octanol–water partition coefficient (Wildman–Crippen LogP) is 6.73. The number of benzene rings is 2. The molecule has 33 heavy (non-hydrogen) atoms. The number of aliphatic imine (C=N–C) groups is 1. The highest BCUT2D eigenvalue weighted by molar-refractivity contribution is 7.16. The number of anilines is 1. The Labute approximate surface area is 199 Å². The van der Waals surface area contributed by atoms with Crippen LogP contribution in [0.5, 0.6) is 5.75 Å². The van der Waals surface area contributed by atoms with Gasteiger partial charge in [0.2, 0.25) is 0 Å². The molecule has 0 saturated heterocycles. The number of nitrogens with one attached hydrogen (secondary N) is 1. The van der Waals surface area contributed by atoms with Crippen molar-refractivity contribution in [3.8, 4) is 18.1 Å². The summed E-state index contributed by atoms with van der Waals surface area (Å²) in [5.41, 5.74) is 4.76. The molecule has 5 heteroatoms. The highest BCUT2D eigenvalue weighted by atomic mass is 32.1. The summed E-state index contributed by atoms with van der Waals surface area (Å²) in [6, 6.07) is 15.5. The summed E-state index contributed by atoms with van der Waals surface area (Å²) >= 11 is 1.65. The SMILES string of the molecule is C#CCOc1ccc(C=Nc2sc3c(c2C(=O)Nc2cccc(C)c2)CCCCCC3)cc1. The first-order valence-corrected chi connectivity index (χ1v) is 12.2. The van der Waals surface area contributed by atoms with Crippen LogP contribution in [0.1, 0.15) is 57.6 Å². The lowest BCUT2D eigenvalue weighted by Gasteiger charge is -2.12. The maximum Gasteiger partial charge on any atom is 0.259 e. The van der Waals surface area contributed by atoms with Gasteiger partial charge in [0.25, 0.3) is 5.91 Å². The molecule has 0 radical (unpaired) electrons. The van der Waals surface area contributed by atoms with Crippen LogP contribution in [0.4, 0.5) is 10.7 Å². The molecule has 168 valence electrons. The fraction of sp³-hybridized carbons (Fsp3) is 0.286. The summed E-state index contributed by atoms with van der Waals surface area (Å²) in [6.07, 6.45) is 13.7. The Hall–Kier alpha value is -3.36. The van der Waals surface area contributed by atoms with Crippen molar-refractivity contribution < 1.29 is 9.53 Å². The smallest absolute Gasteiger partial charge is 0.259 e. The Morgan fingerprint density at radius 2 is 1.94 bits per heavy atom. The number of carbonyl (C=O) groups excluding carboxylic acids is 1. The second-order valence-electron chi connectivity index (χ2n) is 8.24. The Morgan fingerprint density at radius 1 is 1.15 bits per heavy atom. The number of thiophene rings is 1. The molecule has 4 nitrogen and oxygen atoms in total. The van der Waals surface area contributed by atoms with Crippen LogP contribution in [0.25, 0.3) is 0 Å². The maximum atomic E-state index is 13.4. The summed E-state index contributed by atoms with van der Waals surface area (Å²) in [5, 5.41) is 3.88. The average molecular weight is 457 g/mol. The number of terminal acetylenes is 1. The van der Waals surface area contributed by atoms with E-state index >= 15 is 0 Å². The number of fused-ring (bicyclic) bond motifs is 1. The van der Waals surface area contributed by atoms with E-state index in [1.54, 1.807) is 11.3 Å². The molecule has 0 spiro atoms. The largest absolute Gasteiger partial charge is 0.481 e. The number of ether oxygens (including phenoxy) is 1. The summed E-state index contributed by atoms with van der Waals surface area (Å²) in [6.45, 7) is 2.27. The van der Waals surface area contributed by atoms with Crippen LogP contribution in [-0.2, 0) is 12.8 Å². The first-order chi connectivity index (χ1) is 16.1. The fourth-order valence-electron chi connectivity index (χ4n) is 4.05. The van der Waals surface area contributed by atoms with Crippen molar-refractivity contribution in [3.05, 3.63) is 75.7 Å². The van der Waals surface area contributed by atoms with Crippen LogP contribution in [0, 0.1) is 19.3 Å². The Balaban J connectivity index is 1.63. The van der Waals surface area contributed by atoms with E-state index in [-0.39, 0.29) is 12.5 Å². The minimum Gasteiger partial charge on any atom is -0.481 e. The van der Waals surface area contributed by atoms with Gasteiger partial charge in [-0.15, -0.1) is 17.8 Å². The van der Waals surface area contributed by atoms with Crippen molar-refractivity contribution in [2.45, 2.75) is 45.4 Å². The van der Waals surface area contributed by atoms with Crippen LogP contribution < -0.4 is 10.1 Å². The lowest BCUT2D eigenvalue weighted by molar-refractivity contribution is 0.102. The second-order valence-corrected chi connectivity index (χ2v) is 9.33. The lowest BCUT2D eigenvalue weighted by Crippen LogP contribution is -2.14. The number of carbonyl (C=O) groups is 1. The van der Waals surface area contributed by atoms with Gasteiger partial charge >= 0.3 is 0 Å². The minimum absolute atomic E-state index is 0.0798. The number of nitrogens with zero attached hydrogens (tertiary/aromatic N) is 1. The van der Waals surface area contributed by atoms with Crippen molar-refractivity contribution >= 4 is 34.1 Å². The highest BCUT2D eigenvalue weighted by Gasteiger charge is 2.24. The zero-order chi connectivity index (χ0) is 23.0. The normalized spacial score (nSPS) is 13.6. The van der Waals surface area contributed by atoms with Gasteiger partial charge < -0.3 is 10.1 Å². The van der Waals surface area contributed by atoms with E-state index < -0.39 is 0 Å². The number of rotatable bonds is 6. The molecular formula is C28H28N2O2S. The minimum atomic E-state index is -0.0798. The lowest BCUT2D eigenvalue weighted by atomic mass is 9.96. The van der Waals surface area contributed by atoms with Crippen LogP contribution in [0.3, 0.4) is 0 Å². The third-order valence-corrected chi connectivity index (χ3v) is 6.89. The van der Waals surface area contributed by atoms with E-state index in [0.717, 1.165) is 58.8 Å². The highest BCUT2D eigenvalue weighted by Crippen LogP contribution is 2.39. The van der Waals surface area contributed by atoms with Gasteiger partial charge in [0.15, 0.2) is 0 Å². The monoisotopic (exact) mass is 456 g/mol. The fourth-order valence-corrected chi connectivity index (χ4v) is 5.29. The molecule has 0 saturated carbocycles. The third-order valence-electron chi connectivity index (χ3n) is 5.69. The molecule has 1 amide bonds. The van der Waals surface area contributed by atoms with Crippen molar-refractivity contribution in [2.24, 2.45) is 4.99 Å². The quantitative estimate of drug-likeness (QED) is 0.330. The molecule has 0 aliphatic heterocycles. The van der Waals surface area contributed by atoms with E-state index in [1.807, 2.05) is 61.7 Å². The van der Waals surface area contributed by atoms with E-state index in [1.165, 1.54) is 23.3 Å². The van der Waals surface area contributed by atoms with E-state index in [9.17, 15) is 4.79 Å². The summed E-state index contributed by atoms with van der Waals surface area (Å²) < 4.78 is 5.44. The van der Waals surface area contributed by atoms with Crippen LogP contribution in [0.15, 0.2) is 53.5 Å². The Bertz CT molecular complexity index is 1190. The third kappa shape index (κ3) is 5.91. The van der Waals surface area contributed by atoms with E-state index in [4.69, 9.17) is 16.2 Å². The second kappa shape index (κ2) is 11.0. The van der Waals surface area contributed by atoms with Crippen LogP contribution in [0.2, 0.25) is 0 Å². The zero-order valence-electron chi connectivity index (χ0n) is 18.9. The van der Waals surface area contributed by atoms with Crippen molar-refractivity contribution in [2.75, 3.05) is 11.9 Å². The topological polar surface area (TPSA) is 50.7 Å². The van der Waals surface area contributed by atoms with Gasteiger partial charge in [-0.2, -0.15) is 0 Å². The van der Waals surface area contributed by atoms with Crippen LogP contribution in [-0.4, -0.2) is 18.7 Å². The van der Waals surface area contributed by atoms with Gasteiger partial charge in [-0.25, -0.2) is 4.99 Å². The van der Waals surface area contributed by atoms with Crippen LogP contribution >= 0.6 is 11.3 Å².